The molecule has 1 aliphatic heterocycles. The number of nitrogens with zero attached hydrogens (tertiary/aromatic N) is 3. The first kappa shape index (κ1) is 22.7. The number of hydrogen-bond donors (Lipinski definition) is 2. The molecule has 0 saturated heterocycles. The van der Waals surface area contributed by atoms with Crippen LogP contribution in [0.5, 0.6) is 0 Å². The number of nitrogens with one attached hydrogen (secondary N) is 2. The largest absolute Gasteiger partial charge is 0.325 e. The van der Waals surface area contributed by atoms with Crippen molar-refractivity contribution < 1.29 is 9.59 Å². The number of aromatic nitrogens is 3. The second kappa shape index (κ2) is 9.58. The van der Waals surface area contributed by atoms with Gasteiger partial charge in [0.05, 0.1) is 10.9 Å². The molecule has 33 heavy (non-hydrogen) atoms. The molecule has 0 fully saturated rings. The van der Waals surface area contributed by atoms with Crippen molar-refractivity contribution >= 4 is 35.0 Å². The van der Waals surface area contributed by atoms with E-state index in [1.54, 1.807) is 49.9 Å². The second-order valence-corrected chi connectivity index (χ2v) is 9.46. The van der Waals surface area contributed by atoms with E-state index < -0.39 is 10.8 Å². The molecule has 1 atom stereocenters. The number of hydrogen-bond acceptors (Lipinski definition) is 6. The van der Waals surface area contributed by atoms with E-state index in [1.807, 2.05) is 24.3 Å². The summed E-state index contributed by atoms with van der Waals surface area (Å²) < 4.78 is 0. The van der Waals surface area contributed by atoms with Gasteiger partial charge in [-0.25, -0.2) is 0 Å². The predicted octanol–water partition coefficient (Wildman–Crippen LogP) is 3.50. The van der Waals surface area contributed by atoms with Crippen molar-refractivity contribution in [3.63, 3.8) is 0 Å². The lowest BCUT2D eigenvalue weighted by Gasteiger charge is -2.21. The molecule has 1 aliphatic rings. The third-order valence-electron chi connectivity index (χ3n) is 5.43. The number of thioether (sulfide) groups is 1. The summed E-state index contributed by atoms with van der Waals surface area (Å²) >= 11 is 1.16. The van der Waals surface area contributed by atoms with Gasteiger partial charge in [0.1, 0.15) is 0 Å². The van der Waals surface area contributed by atoms with E-state index in [0.29, 0.717) is 17.8 Å². The standard InChI is InChI=1S/C24H25N5O3S/c1-14(2)21(30)25-18-10-6-5-9-17(18)20-22(31)26-24(28-27-20)33-15(3)23(32)29-13-12-16-8-4-7-11-19(16)29/h4-11,14-15H,12-13H2,1-3H3,(H,25,30)(H,26,28,31). The smallest absolute Gasteiger partial charge is 0.278 e. The zero-order valence-electron chi connectivity index (χ0n) is 18.7. The molecule has 0 bridgehead atoms. The molecular weight excluding hydrogens is 438 g/mol. The summed E-state index contributed by atoms with van der Waals surface area (Å²) in [4.78, 5) is 42.5. The highest BCUT2D eigenvalue weighted by Crippen LogP contribution is 2.31. The van der Waals surface area contributed by atoms with Gasteiger partial charge in [-0.05, 0) is 31.0 Å². The summed E-state index contributed by atoms with van der Waals surface area (Å²) in [5, 5.41) is 10.9. The fraction of sp³-hybridized carbons (Fsp3) is 0.292. The van der Waals surface area contributed by atoms with Gasteiger partial charge in [0.2, 0.25) is 11.8 Å². The molecule has 3 aromatic rings. The second-order valence-electron chi connectivity index (χ2n) is 8.13. The molecule has 9 heteroatoms. The van der Waals surface area contributed by atoms with E-state index in [0.717, 1.165) is 29.4 Å². The summed E-state index contributed by atoms with van der Waals surface area (Å²) in [6.45, 7) is 6.02. The Morgan fingerprint density at radius 2 is 1.79 bits per heavy atom. The van der Waals surface area contributed by atoms with Crippen molar-refractivity contribution in [1.82, 2.24) is 15.2 Å². The normalized spacial score (nSPS) is 13.6. The van der Waals surface area contributed by atoms with Crippen LogP contribution in [0.1, 0.15) is 26.3 Å². The Morgan fingerprint density at radius 1 is 1.06 bits per heavy atom. The predicted molar refractivity (Wildman–Crippen MR) is 129 cm³/mol. The number of fused-ring (bicyclic) bond motifs is 1. The lowest BCUT2D eigenvalue weighted by molar-refractivity contribution is -0.119. The highest BCUT2D eigenvalue weighted by molar-refractivity contribution is 8.00. The van der Waals surface area contributed by atoms with Crippen molar-refractivity contribution in [3.8, 4) is 11.3 Å². The van der Waals surface area contributed by atoms with Gasteiger partial charge < -0.3 is 10.2 Å². The summed E-state index contributed by atoms with van der Waals surface area (Å²) in [5.74, 6) is -0.406. The first-order valence-electron chi connectivity index (χ1n) is 10.8. The summed E-state index contributed by atoms with van der Waals surface area (Å²) in [6.07, 6.45) is 0.831. The maximum absolute atomic E-state index is 13.0. The van der Waals surface area contributed by atoms with Gasteiger partial charge in [-0.15, -0.1) is 10.2 Å². The molecule has 0 aliphatic carbocycles. The highest BCUT2D eigenvalue weighted by Gasteiger charge is 2.29. The number of aromatic amines is 1. The summed E-state index contributed by atoms with van der Waals surface area (Å²) in [7, 11) is 0. The van der Waals surface area contributed by atoms with Crippen LogP contribution in [-0.4, -0.2) is 38.8 Å². The monoisotopic (exact) mass is 463 g/mol. The van der Waals surface area contributed by atoms with Gasteiger partial charge in [-0.3, -0.25) is 19.4 Å². The lowest BCUT2D eigenvalue weighted by atomic mass is 10.1. The summed E-state index contributed by atoms with van der Waals surface area (Å²) in [5.41, 5.74) is 2.73. The van der Waals surface area contributed by atoms with Crippen molar-refractivity contribution in [2.45, 2.75) is 37.6 Å². The topological polar surface area (TPSA) is 108 Å². The number of carbonyl (C=O) groups is 2. The molecule has 2 aromatic carbocycles. The Kier molecular flexibility index (Phi) is 6.60. The Hall–Kier alpha value is -3.46. The summed E-state index contributed by atoms with van der Waals surface area (Å²) in [6, 6.07) is 14.8. The quantitative estimate of drug-likeness (QED) is 0.542. The molecule has 8 nitrogen and oxygen atoms in total. The first-order valence-corrected chi connectivity index (χ1v) is 11.7. The molecular formula is C24H25N5O3S. The van der Waals surface area contributed by atoms with Crippen LogP contribution in [0.3, 0.4) is 0 Å². The fourth-order valence-electron chi connectivity index (χ4n) is 3.63. The van der Waals surface area contributed by atoms with Gasteiger partial charge in [0, 0.05) is 23.7 Å². The van der Waals surface area contributed by atoms with E-state index in [4.69, 9.17) is 0 Å². The van der Waals surface area contributed by atoms with Gasteiger partial charge in [0.15, 0.2) is 10.9 Å². The van der Waals surface area contributed by atoms with Crippen LogP contribution in [0.2, 0.25) is 0 Å². The van der Waals surface area contributed by atoms with Gasteiger partial charge in [0.25, 0.3) is 5.56 Å². The minimum absolute atomic E-state index is 0.0431. The Morgan fingerprint density at radius 3 is 2.55 bits per heavy atom. The molecule has 4 rings (SSSR count). The molecule has 2 N–H and O–H groups in total. The number of benzene rings is 2. The van der Waals surface area contributed by atoms with E-state index in [1.165, 1.54) is 0 Å². The van der Waals surface area contributed by atoms with Crippen molar-refractivity contribution in [2.75, 3.05) is 16.8 Å². The minimum atomic E-state index is -0.454. The Labute approximate surface area is 195 Å². The average molecular weight is 464 g/mol. The van der Waals surface area contributed by atoms with Crippen molar-refractivity contribution in [2.24, 2.45) is 5.92 Å². The SMILES string of the molecule is CC(C)C(=O)Nc1ccccc1-c1nnc(SC(C)C(=O)N2CCc3ccccc32)[nH]c1=O. The number of anilines is 2. The Balaban J connectivity index is 1.52. The Bertz CT molecular complexity index is 1260. The molecule has 2 amide bonds. The molecule has 1 aromatic heterocycles. The maximum Gasteiger partial charge on any atom is 0.278 e. The maximum atomic E-state index is 13.0. The van der Waals surface area contributed by atoms with Gasteiger partial charge in [-0.1, -0.05) is 62.0 Å². The van der Waals surface area contributed by atoms with E-state index in [9.17, 15) is 14.4 Å². The van der Waals surface area contributed by atoms with Gasteiger partial charge in [-0.2, -0.15) is 0 Å². The third-order valence-corrected chi connectivity index (χ3v) is 6.39. The van der Waals surface area contributed by atoms with E-state index in [-0.39, 0.29) is 28.6 Å². The molecule has 0 saturated carbocycles. The van der Waals surface area contributed by atoms with Crippen LogP contribution in [0, 0.1) is 5.92 Å². The van der Waals surface area contributed by atoms with Crippen LogP contribution in [0.25, 0.3) is 11.3 Å². The van der Waals surface area contributed by atoms with Crippen molar-refractivity contribution in [3.05, 3.63) is 64.4 Å². The van der Waals surface area contributed by atoms with Gasteiger partial charge >= 0.3 is 0 Å². The zero-order chi connectivity index (χ0) is 23.5. The number of para-hydroxylation sites is 2. The van der Waals surface area contributed by atoms with Crippen LogP contribution in [0.15, 0.2) is 58.5 Å². The van der Waals surface area contributed by atoms with Crippen LogP contribution in [0.4, 0.5) is 11.4 Å². The molecule has 1 unspecified atom stereocenters. The van der Waals surface area contributed by atoms with E-state index in [2.05, 4.69) is 20.5 Å². The highest BCUT2D eigenvalue weighted by atomic mass is 32.2. The van der Waals surface area contributed by atoms with Crippen LogP contribution < -0.4 is 15.8 Å². The molecule has 0 radical (unpaired) electrons. The van der Waals surface area contributed by atoms with Crippen LogP contribution in [-0.2, 0) is 16.0 Å². The lowest BCUT2D eigenvalue weighted by Crippen LogP contribution is -2.35. The first-order chi connectivity index (χ1) is 15.8. The molecule has 0 spiro atoms. The minimum Gasteiger partial charge on any atom is -0.325 e. The number of carbonyl (C=O) groups excluding carboxylic acids is 2. The zero-order valence-corrected chi connectivity index (χ0v) is 19.5. The molecule has 2 heterocycles. The third kappa shape index (κ3) is 4.83. The molecule has 170 valence electrons. The number of rotatable bonds is 6. The fourth-order valence-corrected chi connectivity index (χ4v) is 4.43. The van der Waals surface area contributed by atoms with Crippen LogP contribution >= 0.6 is 11.8 Å². The number of amides is 2. The number of H-pyrrole nitrogens is 1. The average Bonchev–Trinajstić information content (AvgIpc) is 3.23. The van der Waals surface area contributed by atoms with E-state index >= 15 is 0 Å². The van der Waals surface area contributed by atoms with Crippen molar-refractivity contribution in [1.29, 1.82) is 0 Å².